The van der Waals surface area contributed by atoms with E-state index in [2.05, 4.69) is 15.2 Å². The Bertz CT molecular complexity index is 566. The molecule has 0 atom stereocenters. The van der Waals surface area contributed by atoms with Gasteiger partial charge < -0.3 is 10.2 Å². The first kappa shape index (κ1) is 16.2. The number of rotatable bonds is 5. The lowest BCUT2D eigenvalue weighted by molar-refractivity contribution is 0.196. The van der Waals surface area contributed by atoms with Gasteiger partial charge in [0.2, 0.25) is 0 Å². The number of piperidine rings is 1. The van der Waals surface area contributed by atoms with Crippen LogP contribution in [0.25, 0.3) is 0 Å². The monoisotopic (exact) mass is 312 g/mol. The molecule has 7 heteroatoms. The molecule has 1 aliphatic heterocycles. The van der Waals surface area contributed by atoms with Crippen LogP contribution in [0.5, 0.6) is 0 Å². The Hall–Kier alpha value is -1.18. The van der Waals surface area contributed by atoms with Crippen molar-refractivity contribution in [3.8, 4) is 0 Å². The average Bonchev–Trinajstić information content (AvgIpc) is 2.48. The summed E-state index contributed by atoms with van der Waals surface area (Å²) in [6.45, 7) is 3.70. The van der Waals surface area contributed by atoms with Crippen LogP contribution < -0.4 is 5.32 Å². The van der Waals surface area contributed by atoms with Gasteiger partial charge >= 0.3 is 0 Å². The topological polar surface area (TPSA) is 65.5 Å². The molecule has 0 unspecified atom stereocenters. The van der Waals surface area contributed by atoms with E-state index in [9.17, 15) is 8.42 Å². The first-order valence-corrected chi connectivity index (χ1v) is 8.76. The van der Waals surface area contributed by atoms with Crippen LogP contribution >= 0.6 is 0 Å². The summed E-state index contributed by atoms with van der Waals surface area (Å²) in [7, 11) is 0.554. The number of sulfonamides is 1. The smallest absolute Gasteiger partial charge is 0.262 e. The van der Waals surface area contributed by atoms with E-state index in [0.717, 1.165) is 12.8 Å². The third kappa shape index (κ3) is 3.53. The number of nitrogens with zero attached hydrogens (tertiary/aromatic N) is 3. The molecule has 1 N–H and O–H groups in total. The van der Waals surface area contributed by atoms with E-state index in [1.807, 2.05) is 21.0 Å². The van der Waals surface area contributed by atoms with Crippen molar-refractivity contribution in [1.82, 2.24) is 14.2 Å². The van der Waals surface area contributed by atoms with Gasteiger partial charge in [-0.3, -0.25) is 0 Å². The molecular formula is C14H24N4O2S. The Kier molecular flexibility index (Phi) is 5.18. The molecule has 1 aliphatic rings. The van der Waals surface area contributed by atoms with Gasteiger partial charge in [0.05, 0.1) is 5.69 Å². The molecule has 0 aromatic carbocycles. The molecule has 21 heavy (non-hydrogen) atoms. The molecule has 0 aliphatic carbocycles. The van der Waals surface area contributed by atoms with Crippen molar-refractivity contribution >= 4 is 15.7 Å². The van der Waals surface area contributed by atoms with Crippen molar-refractivity contribution in [2.45, 2.75) is 30.8 Å². The third-order valence-corrected chi connectivity index (χ3v) is 5.74. The van der Waals surface area contributed by atoms with E-state index >= 15 is 0 Å². The summed E-state index contributed by atoms with van der Waals surface area (Å²) >= 11 is 0. The van der Waals surface area contributed by atoms with Crippen molar-refractivity contribution in [2.75, 3.05) is 39.0 Å². The van der Waals surface area contributed by atoms with E-state index in [1.165, 1.54) is 6.20 Å². The van der Waals surface area contributed by atoms with Gasteiger partial charge in [-0.25, -0.2) is 13.4 Å². The highest BCUT2D eigenvalue weighted by Gasteiger charge is 2.32. The summed E-state index contributed by atoms with van der Waals surface area (Å²) in [5.41, 5.74) is 0.578. The molecule has 2 rings (SSSR count). The molecule has 0 spiro atoms. The van der Waals surface area contributed by atoms with Crippen molar-refractivity contribution < 1.29 is 8.42 Å². The molecule has 0 bridgehead atoms. The lowest BCUT2D eigenvalue weighted by Gasteiger charge is -2.34. The minimum absolute atomic E-state index is 0.134. The second kappa shape index (κ2) is 6.72. The molecule has 2 heterocycles. The molecule has 118 valence electrons. The van der Waals surface area contributed by atoms with Crippen LogP contribution in [0.15, 0.2) is 23.4 Å². The maximum absolute atomic E-state index is 12.8. The quantitative estimate of drug-likeness (QED) is 0.886. The lowest BCUT2D eigenvalue weighted by Crippen LogP contribution is -2.44. The standard InChI is InChI=1S/C14H24N4O2S/c1-4-15-13-6-5-9-16-14(13)21(19,20)18-10-7-12(8-11-18)17(2)3/h5-6,9,12,15H,4,7-8,10-11H2,1-3H3. The van der Waals surface area contributed by atoms with Crippen molar-refractivity contribution in [3.05, 3.63) is 18.3 Å². The fourth-order valence-electron chi connectivity index (χ4n) is 2.64. The molecule has 1 saturated heterocycles. The zero-order chi connectivity index (χ0) is 15.5. The summed E-state index contributed by atoms with van der Waals surface area (Å²) < 4.78 is 27.1. The number of anilines is 1. The Balaban J connectivity index is 2.20. The largest absolute Gasteiger partial charge is 0.383 e. The first-order chi connectivity index (χ1) is 9.96. The predicted molar refractivity (Wildman–Crippen MR) is 83.9 cm³/mol. The van der Waals surface area contributed by atoms with Gasteiger partial charge in [-0.05, 0) is 46.0 Å². The van der Waals surface area contributed by atoms with Crippen LogP contribution in [-0.4, -0.2) is 62.4 Å². The summed E-state index contributed by atoms with van der Waals surface area (Å²) in [5.74, 6) is 0. The predicted octanol–water partition coefficient (Wildman–Crippen LogP) is 1.23. The van der Waals surface area contributed by atoms with Gasteiger partial charge in [0.25, 0.3) is 10.0 Å². The fourth-order valence-corrected chi connectivity index (χ4v) is 4.19. The number of aromatic nitrogens is 1. The summed E-state index contributed by atoms with van der Waals surface area (Å²) in [5, 5.41) is 3.21. The number of pyridine rings is 1. The normalized spacial score (nSPS) is 18.1. The van der Waals surface area contributed by atoms with E-state index in [1.54, 1.807) is 16.4 Å². The van der Waals surface area contributed by atoms with Gasteiger partial charge in [-0.2, -0.15) is 4.31 Å². The molecule has 1 aromatic rings. The molecule has 1 fully saturated rings. The van der Waals surface area contributed by atoms with Crippen LogP contribution in [0.1, 0.15) is 19.8 Å². The van der Waals surface area contributed by atoms with Gasteiger partial charge in [0.1, 0.15) is 0 Å². The highest BCUT2D eigenvalue weighted by molar-refractivity contribution is 7.89. The average molecular weight is 312 g/mol. The molecule has 0 radical (unpaired) electrons. The number of hydrogen-bond acceptors (Lipinski definition) is 5. The number of hydrogen-bond donors (Lipinski definition) is 1. The van der Waals surface area contributed by atoms with E-state index in [0.29, 0.717) is 31.4 Å². The van der Waals surface area contributed by atoms with E-state index in [-0.39, 0.29) is 5.03 Å². The second-order valence-corrected chi connectivity index (χ2v) is 7.34. The molecule has 1 aromatic heterocycles. The van der Waals surface area contributed by atoms with Gasteiger partial charge in [0.15, 0.2) is 5.03 Å². The maximum Gasteiger partial charge on any atom is 0.262 e. The second-order valence-electron chi connectivity index (χ2n) is 5.49. The summed E-state index contributed by atoms with van der Waals surface area (Å²) in [6, 6.07) is 3.96. The van der Waals surface area contributed by atoms with Gasteiger partial charge in [-0.1, -0.05) is 0 Å². The Morgan fingerprint density at radius 1 is 1.38 bits per heavy atom. The Morgan fingerprint density at radius 3 is 2.62 bits per heavy atom. The van der Waals surface area contributed by atoms with Crippen LogP contribution in [0.2, 0.25) is 0 Å². The van der Waals surface area contributed by atoms with Crippen molar-refractivity contribution in [2.24, 2.45) is 0 Å². The van der Waals surface area contributed by atoms with Crippen molar-refractivity contribution in [1.29, 1.82) is 0 Å². The third-order valence-electron chi connectivity index (χ3n) is 3.88. The minimum atomic E-state index is -3.52. The molecule has 0 amide bonds. The SMILES string of the molecule is CCNc1cccnc1S(=O)(=O)N1CCC(N(C)C)CC1. The Labute approximate surface area is 127 Å². The molecule has 0 saturated carbocycles. The highest BCUT2D eigenvalue weighted by atomic mass is 32.2. The van der Waals surface area contributed by atoms with Crippen LogP contribution in [0, 0.1) is 0 Å². The van der Waals surface area contributed by atoms with E-state index < -0.39 is 10.0 Å². The van der Waals surface area contributed by atoms with Crippen molar-refractivity contribution in [3.63, 3.8) is 0 Å². The van der Waals surface area contributed by atoms with E-state index in [4.69, 9.17) is 0 Å². The minimum Gasteiger partial charge on any atom is -0.383 e. The summed E-state index contributed by atoms with van der Waals surface area (Å²) in [6.07, 6.45) is 3.24. The Morgan fingerprint density at radius 2 is 2.05 bits per heavy atom. The summed E-state index contributed by atoms with van der Waals surface area (Å²) in [4.78, 5) is 6.26. The van der Waals surface area contributed by atoms with Gasteiger partial charge in [-0.15, -0.1) is 0 Å². The fraction of sp³-hybridized carbons (Fsp3) is 0.643. The van der Waals surface area contributed by atoms with Gasteiger partial charge in [0, 0.05) is 31.9 Å². The first-order valence-electron chi connectivity index (χ1n) is 7.32. The lowest BCUT2D eigenvalue weighted by atomic mass is 10.1. The van der Waals surface area contributed by atoms with Crippen LogP contribution in [0.4, 0.5) is 5.69 Å². The number of nitrogens with one attached hydrogen (secondary N) is 1. The highest BCUT2D eigenvalue weighted by Crippen LogP contribution is 2.25. The zero-order valence-electron chi connectivity index (χ0n) is 12.9. The molecule has 6 nitrogen and oxygen atoms in total. The maximum atomic E-state index is 12.8. The molecular weight excluding hydrogens is 288 g/mol. The van der Waals surface area contributed by atoms with Crippen LogP contribution in [-0.2, 0) is 10.0 Å². The zero-order valence-corrected chi connectivity index (χ0v) is 13.7. The van der Waals surface area contributed by atoms with Crippen LogP contribution in [0.3, 0.4) is 0 Å².